The first-order chi connectivity index (χ1) is 13.5. The number of nitrogens with one attached hydrogen (secondary N) is 3. The lowest BCUT2D eigenvalue weighted by molar-refractivity contribution is -0.139. The zero-order valence-corrected chi connectivity index (χ0v) is 15.4. The lowest BCUT2D eigenvalue weighted by Crippen LogP contribution is -2.45. The molecule has 8 N–H and O–H groups in total. The summed E-state index contributed by atoms with van der Waals surface area (Å²) in [7, 11) is 0. The molecule has 28 heavy (non-hydrogen) atoms. The molecule has 2 aromatic heterocycles. The normalized spacial score (nSPS) is 13.1. The number of carbonyl (C=O) groups is 2. The maximum absolute atomic E-state index is 11.9. The quantitative estimate of drug-likeness (QED) is 0.264. The van der Waals surface area contributed by atoms with E-state index in [1.807, 2.05) is 0 Å². The third kappa shape index (κ3) is 6.96. The highest BCUT2D eigenvalue weighted by Gasteiger charge is 2.20. The molecule has 2 rings (SSSR count). The van der Waals surface area contributed by atoms with Crippen LogP contribution in [0.25, 0.3) is 0 Å². The number of unbranched alkanes of at least 4 members (excludes halogenated alkanes) is 1. The van der Waals surface area contributed by atoms with Crippen LogP contribution in [0.5, 0.6) is 0 Å². The van der Waals surface area contributed by atoms with Crippen molar-refractivity contribution in [3.63, 3.8) is 0 Å². The van der Waals surface area contributed by atoms with Gasteiger partial charge in [0.15, 0.2) is 5.82 Å². The number of carboxylic acids is 1. The molecular formula is C16H26N8O4. The van der Waals surface area contributed by atoms with Gasteiger partial charge in [-0.3, -0.25) is 0 Å². The second-order valence-corrected chi connectivity index (χ2v) is 6.27. The summed E-state index contributed by atoms with van der Waals surface area (Å²) in [6.45, 7) is 0.434. The van der Waals surface area contributed by atoms with Crippen LogP contribution in [0.1, 0.15) is 49.1 Å². The number of rotatable bonds is 12. The predicted molar refractivity (Wildman–Crippen MR) is 97.8 cm³/mol. The summed E-state index contributed by atoms with van der Waals surface area (Å²) in [5.41, 5.74) is 12.4. The van der Waals surface area contributed by atoms with Crippen LogP contribution < -0.4 is 22.1 Å². The van der Waals surface area contributed by atoms with Gasteiger partial charge in [0.05, 0.1) is 18.9 Å². The van der Waals surface area contributed by atoms with Gasteiger partial charge in [0.2, 0.25) is 5.89 Å². The van der Waals surface area contributed by atoms with Gasteiger partial charge in [-0.1, -0.05) is 5.16 Å². The number of aromatic amines is 1. The lowest BCUT2D eigenvalue weighted by Gasteiger charge is -2.14. The van der Waals surface area contributed by atoms with Crippen LogP contribution in [-0.2, 0) is 17.8 Å². The Morgan fingerprint density at radius 3 is 2.82 bits per heavy atom. The minimum Gasteiger partial charge on any atom is -0.480 e. The number of hydrogen-bond donors (Lipinski definition) is 6. The summed E-state index contributed by atoms with van der Waals surface area (Å²) in [6, 6.07) is -2.04. The first-order valence-electron chi connectivity index (χ1n) is 9.02. The molecule has 2 aromatic rings. The first kappa shape index (κ1) is 21.3. The third-order valence-corrected chi connectivity index (χ3v) is 4.05. The molecule has 2 amide bonds. The van der Waals surface area contributed by atoms with Gasteiger partial charge in [-0.25, -0.2) is 14.6 Å². The van der Waals surface area contributed by atoms with Gasteiger partial charge in [-0.2, -0.15) is 4.98 Å². The highest BCUT2D eigenvalue weighted by molar-refractivity contribution is 5.82. The largest absolute Gasteiger partial charge is 0.480 e. The van der Waals surface area contributed by atoms with Crippen LogP contribution in [0.15, 0.2) is 17.0 Å². The van der Waals surface area contributed by atoms with Crippen molar-refractivity contribution in [1.29, 1.82) is 0 Å². The molecule has 0 aromatic carbocycles. The summed E-state index contributed by atoms with van der Waals surface area (Å²) in [5.74, 6) is -0.588. The Bertz CT molecular complexity index is 733. The Morgan fingerprint density at radius 1 is 1.32 bits per heavy atom. The second kappa shape index (κ2) is 11.0. The standard InChI is InChI=1S/C16H26N8O4/c17-6-2-1-3-12(15(25)26)22-16(27)20-8-13-23-14(24-28-13)11(18)5-4-10-7-19-9-21-10/h7,9,11-12H,1-6,8,17-18H2,(H,19,21)(H,25,26)(H2,20,22,27)/t11-,12-/m0/s1. The van der Waals surface area contributed by atoms with Crippen LogP contribution in [-0.4, -0.2) is 49.8 Å². The Hall–Kier alpha value is -2.99. The SMILES string of the molecule is NCCCC[C@H](NC(=O)NCc1nc([C@@H](N)CCc2cnc[nH]2)no1)C(=O)O. The third-order valence-electron chi connectivity index (χ3n) is 4.05. The molecule has 0 fully saturated rings. The van der Waals surface area contributed by atoms with Crippen LogP contribution in [0, 0.1) is 0 Å². The van der Waals surface area contributed by atoms with Crippen molar-refractivity contribution in [2.45, 2.75) is 50.7 Å². The van der Waals surface area contributed by atoms with Gasteiger partial charge >= 0.3 is 12.0 Å². The molecule has 154 valence electrons. The average molecular weight is 394 g/mol. The molecule has 0 radical (unpaired) electrons. The molecule has 0 unspecified atom stereocenters. The van der Waals surface area contributed by atoms with Crippen LogP contribution in [0.2, 0.25) is 0 Å². The summed E-state index contributed by atoms with van der Waals surface area (Å²) >= 11 is 0. The molecular weight excluding hydrogens is 368 g/mol. The van der Waals surface area contributed by atoms with Crippen LogP contribution in [0.4, 0.5) is 4.79 Å². The van der Waals surface area contributed by atoms with Gasteiger partial charge in [0.25, 0.3) is 0 Å². The zero-order chi connectivity index (χ0) is 20.4. The van der Waals surface area contributed by atoms with Gasteiger partial charge < -0.3 is 36.7 Å². The molecule has 0 aliphatic rings. The van der Waals surface area contributed by atoms with Crippen molar-refractivity contribution in [3.05, 3.63) is 29.9 Å². The highest BCUT2D eigenvalue weighted by atomic mass is 16.5. The monoisotopic (exact) mass is 394 g/mol. The van der Waals surface area contributed by atoms with Crippen molar-refractivity contribution in [3.8, 4) is 0 Å². The molecule has 0 saturated heterocycles. The summed E-state index contributed by atoms with van der Waals surface area (Å²) in [4.78, 5) is 34.2. The Kier molecular flexibility index (Phi) is 8.37. The molecule has 12 heteroatoms. The molecule has 0 saturated carbocycles. The van der Waals surface area contributed by atoms with Crippen molar-refractivity contribution < 1.29 is 19.2 Å². The predicted octanol–water partition coefficient (Wildman–Crippen LogP) is -0.193. The van der Waals surface area contributed by atoms with Gasteiger partial charge in [0.1, 0.15) is 6.04 Å². The number of nitrogens with two attached hydrogens (primary N) is 2. The number of carboxylic acid groups (broad SMARTS) is 1. The minimum atomic E-state index is -1.10. The van der Waals surface area contributed by atoms with E-state index in [0.717, 1.165) is 5.69 Å². The Balaban J connectivity index is 1.75. The number of imidazole rings is 1. The molecule has 2 atom stereocenters. The number of aromatic nitrogens is 4. The molecule has 12 nitrogen and oxygen atoms in total. The van der Waals surface area contributed by atoms with E-state index in [9.17, 15) is 9.59 Å². The fourth-order valence-electron chi connectivity index (χ4n) is 2.47. The van der Waals surface area contributed by atoms with E-state index in [0.29, 0.717) is 44.5 Å². The summed E-state index contributed by atoms with van der Waals surface area (Å²) in [6.07, 6.45) is 6.20. The number of carbonyl (C=O) groups excluding carboxylic acids is 1. The highest BCUT2D eigenvalue weighted by Crippen LogP contribution is 2.13. The van der Waals surface area contributed by atoms with E-state index < -0.39 is 24.1 Å². The van der Waals surface area contributed by atoms with Gasteiger partial charge in [-0.05, 0) is 38.6 Å². The van der Waals surface area contributed by atoms with E-state index in [2.05, 4.69) is 30.7 Å². The number of amides is 2. The lowest BCUT2D eigenvalue weighted by atomic mass is 10.1. The summed E-state index contributed by atoms with van der Waals surface area (Å²) < 4.78 is 5.07. The van der Waals surface area contributed by atoms with Crippen molar-refractivity contribution in [2.24, 2.45) is 11.5 Å². The van der Waals surface area contributed by atoms with Gasteiger partial charge in [0, 0.05) is 11.9 Å². The van der Waals surface area contributed by atoms with Crippen molar-refractivity contribution >= 4 is 12.0 Å². The summed E-state index contributed by atoms with van der Waals surface area (Å²) in [5, 5.41) is 17.9. The molecule has 0 aliphatic heterocycles. The molecule has 0 spiro atoms. The smallest absolute Gasteiger partial charge is 0.326 e. The fraction of sp³-hybridized carbons (Fsp3) is 0.562. The average Bonchev–Trinajstić information content (AvgIpc) is 3.35. The van der Waals surface area contributed by atoms with Crippen LogP contribution >= 0.6 is 0 Å². The van der Waals surface area contributed by atoms with E-state index in [-0.39, 0.29) is 12.4 Å². The number of H-pyrrole nitrogens is 1. The minimum absolute atomic E-state index is 0.0404. The number of aliphatic carboxylic acids is 1. The number of urea groups is 1. The van der Waals surface area contributed by atoms with E-state index >= 15 is 0 Å². The van der Waals surface area contributed by atoms with E-state index in [1.165, 1.54) is 0 Å². The maximum atomic E-state index is 11.9. The van der Waals surface area contributed by atoms with E-state index in [4.69, 9.17) is 21.1 Å². The zero-order valence-electron chi connectivity index (χ0n) is 15.4. The number of hydrogen-bond acceptors (Lipinski definition) is 8. The van der Waals surface area contributed by atoms with Crippen molar-refractivity contribution in [2.75, 3.05) is 6.54 Å². The second-order valence-electron chi connectivity index (χ2n) is 6.27. The van der Waals surface area contributed by atoms with Crippen LogP contribution in [0.3, 0.4) is 0 Å². The van der Waals surface area contributed by atoms with Crippen molar-refractivity contribution in [1.82, 2.24) is 30.7 Å². The molecule has 2 heterocycles. The molecule has 0 bridgehead atoms. The van der Waals surface area contributed by atoms with E-state index in [1.54, 1.807) is 12.5 Å². The molecule has 0 aliphatic carbocycles. The Morgan fingerprint density at radius 2 is 2.14 bits per heavy atom. The maximum Gasteiger partial charge on any atom is 0.326 e. The number of aryl methyl sites for hydroxylation is 1. The topological polar surface area (TPSA) is 198 Å². The fourth-order valence-corrected chi connectivity index (χ4v) is 2.47. The first-order valence-corrected chi connectivity index (χ1v) is 9.02. The number of nitrogens with zero attached hydrogens (tertiary/aromatic N) is 3. The van der Waals surface area contributed by atoms with Gasteiger partial charge in [-0.15, -0.1) is 0 Å². The Labute approximate surface area is 161 Å².